The van der Waals surface area contributed by atoms with Gasteiger partial charge in [0.05, 0.1) is 6.33 Å². The Morgan fingerprint density at radius 2 is 2.00 bits per heavy atom. The van der Waals surface area contributed by atoms with Crippen LogP contribution in [0.25, 0.3) is 0 Å². The Bertz CT molecular complexity index is 457. The van der Waals surface area contributed by atoms with E-state index in [1.165, 1.54) is 12.1 Å². The molecule has 1 aromatic heterocycles. The molecule has 0 bridgehead atoms. The molecule has 18 heavy (non-hydrogen) atoms. The van der Waals surface area contributed by atoms with Gasteiger partial charge in [-0.3, -0.25) is 0 Å². The van der Waals surface area contributed by atoms with Gasteiger partial charge in [-0.2, -0.15) is 8.78 Å². The molecule has 96 valence electrons. The Labute approximate surface area is 103 Å². The fourth-order valence-corrected chi connectivity index (χ4v) is 1.51. The number of hydrogen-bond donors (Lipinski definition) is 2. The van der Waals surface area contributed by atoms with E-state index in [1.54, 1.807) is 24.7 Å². The van der Waals surface area contributed by atoms with Crippen LogP contribution in [0.5, 0.6) is 5.75 Å². The lowest BCUT2D eigenvalue weighted by molar-refractivity contribution is -0.0498. The zero-order valence-electron chi connectivity index (χ0n) is 9.57. The van der Waals surface area contributed by atoms with Gasteiger partial charge in [0.1, 0.15) is 5.75 Å². The van der Waals surface area contributed by atoms with Crippen molar-refractivity contribution >= 4 is 0 Å². The first kappa shape index (κ1) is 12.5. The van der Waals surface area contributed by atoms with Crippen LogP contribution in [-0.4, -0.2) is 16.6 Å². The van der Waals surface area contributed by atoms with Crippen LogP contribution in [-0.2, 0) is 13.1 Å². The Morgan fingerprint density at radius 1 is 1.22 bits per heavy atom. The molecule has 2 rings (SSSR count). The summed E-state index contributed by atoms with van der Waals surface area (Å²) >= 11 is 0. The van der Waals surface area contributed by atoms with Crippen LogP contribution >= 0.6 is 0 Å². The van der Waals surface area contributed by atoms with Gasteiger partial charge >= 0.3 is 6.61 Å². The zero-order valence-corrected chi connectivity index (χ0v) is 9.57. The second kappa shape index (κ2) is 6.11. The summed E-state index contributed by atoms with van der Waals surface area (Å²) in [6.07, 6.45) is 3.36. The molecule has 0 amide bonds. The predicted octanol–water partition coefficient (Wildman–Crippen LogP) is 2.30. The van der Waals surface area contributed by atoms with Crippen molar-refractivity contribution in [1.29, 1.82) is 0 Å². The quantitative estimate of drug-likeness (QED) is 0.830. The summed E-state index contributed by atoms with van der Waals surface area (Å²) in [4.78, 5) is 6.88. The number of aromatic nitrogens is 2. The topological polar surface area (TPSA) is 49.9 Å². The number of nitrogens with one attached hydrogen (secondary N) is 2. The third-order valence-corrected chi connectivity index (χ3v) is 2.35. The van der Waals surface area contributed by atoms with E-state index in [1.807, 2.05) is 0 Å². The molecule has 0 radical (unpaired) electrons. The van der Waals surface area contributed by atoms with Crippen LogP contribution in [0, 0.1) is 0 Å². The molecule has 0 saturated carbocycles. The zero-order chi connectivity index (χ0) is 12.8. The molecule has 0 aliphatic heterocycles. The standard InChI is InChI=1S/C12H13F2N3O/c13-12(14)18-11-3-1-9(2-4-11)5-15-6-10-7-16-8-17-10/h1-4,7-8,12,15H,5-6H2,(H,16,17). The molecule has 6 heteroatoms. The minimum absolute atomic E-state index is 0.169. The van der Waals surface area contributed by atoms with E-state index >= 15 is 0 Å². The van der Waals surface area contributed by atoms with E-state index in [4.69, 9.17) is 0 Å². The molecular weight excluding hydrogens is 240 g/mol. The highest BCUT2D eigenvalue weighted by atomic mass is 19.3. The van der Waals surface area contributed by atoms with Crippen LogP contribution in [0.15, 0.2) is 36.8 Å². The summed E-state index contributed by atoms with van der Waals surface area (Å²) in [5.74, 6) is 0.169. The first-order valence-corrected chi connectivity index (χ1v) is 5.46. The first-order valence-electron chi connectivity index (χ1n) is 5.46. The van der Waals surface area contributed by atoms with E-state index in [0.29, 0.717) is 13.1 Å². The number of alkyl halides is 2. The SMILES string of the molecule is FC(F)Oc1ccc(CNCc2cnc[nH]2)cc1. The molecule has 2 aromatic rings. The average Bonchev–Trinajstić information content (AvgIpc) is 2.84. The first-order chi connectivity index (χ1) is 8.74. The molecule has 0 spiro atoms. The van der Waals surface area contributed by atoms with Crippen LogP contribution in [0.3, 0.4) is 0 Å². The normalized spacial score (nSPS) is 10.8. The summed E-state index contributed by atoms with van der Waals surface area (Å²) in [6.45, 7) is -1.46. The van der Waals surface area contributed by atoms with Gasteiger partial charge in [0, 0.05) is 25.0 Å². The molecule has 1 aromatic carbocycles. The highest BCUT2D eigenvalue weighted by Gasteiger charge is 2.03. The van der Waals surface area contributed by atoms with E-state index in [2.05, 4.69) is 20.0 Å². The van der Waals surface area contributed by atoms with Gasteiger partial charge in [-0.05, 0) is 17.7 Å². The lowest BCUT2D eigenvalue weighted by atomic mass is 10.2. The van der Waals surface area contributed by atoms with Crippen molar-refractivity contribution in [1.82, 2.24) is 15.3 Å². The summed E-state index contributed by atoms with van der Waals surface area (Å²) < 4.78 is 28.1. The lowest BCUT2D eigenvalue weighted by Crippen LogP contribution is -2.12. The molecule has 0 aliphatic rings. The number of ether oxygens (including phenoxy) is 1. The van der Waals surface area contributed by atoms with Crippen LogP contribution in [0.2, 0.25) is 0 Å². The van der Waals surface area contributed by atoms with Gasteiger partial charge in [0.15, 0.2) is 0 Å². The Hall–Kier alpha value is -1.95. The van der Waals surface area contributed by atoms with Gasteiger partial charge in [-0.1, -0.05) is 12.1 Å². The molecule has 0 unspecified atom stereocenters. The Kier molecular flexibility index (Phi) is 4.25. The maximum atomic E-state index is 11.9. The smallest absolute Gasteiger partial charge is 0.387 e. The van der Waals surface area contributed by atoms with E-state index in [9.17, 15) is 8.78 Å². The number of halogens is 2. The summed E-state index contributed by atoms with van der Waals surface area (Å²) in [5.41, 5.74) is 1.99. The number of imidazole rings is 1. The van der Waals surface area contributed by atoms with Crippen molar-refractivity contribution in [2.75, 3.05) is 0 Å². The second-order valence-electron chi connectivity index (χ2n) is 3.70. The van der Waals surface area contributed by atoms with Gasteiger partial charge in [0.25, 0.3) is 0 Å². The maximum Gasteiger partial charge on any atom is 0.387 e. The average molecular weight is 253 g/mol. The largest absolute Gasteiger partial charge is 0.435 e. The fourth-order valence-electron chi connectivity index (χ4n) is 1.51. The molecule has 2 N–H and O–H groups in total. The van der Waals surface area contributed by atoms with Crippen molar-refractivity contribution in [2.45, 2.75) is 19.7 Å². The van der Waals surface area contributed by atoms with Gasteiger partial charge in [0.2, 0.25) is 0 Å². The maximum absolute atomic E-state index is 11.9. The molecule has 4 nitrogen and oxygen atoms in total. The Balaban J connectivity index is 1.79. The van der Waals surface area contributed by atoms with E-state index in [0.717, 1.165) is 11.3 Å². The van der Waals surface area contributed by atoms with Crippen LogP contribution in [0.4, 0.5) is 8.78 Å². The number of benzene rings is 1. The molecule has 0 aliphatic carbocycles. The molecular formula is C12H13F2N3O. The van der Waals surface area contributed by atoms with Gasteiger partial charge in [-0.25, -0.2) is 4.98 Å². The second-order valence-corrected chi connectivity index (χ2v) is 3.70. The van der Waals surface area contributed by atoms with Gasteiger partial charge < -0.3 is 15.0 Å². The third-order valence-electron chi connectivity index (χ3n) is 2.35. The minimum Gasteiger partial charge on any atom is -0.435 e. The molecule has 0 fully saturated rings. The van der Waals surface area contributed by atoms with Crippen LogP contribution in [0.1, 0.15) is 11.3 Å². The number of hydrogen-bond acceptors (Lipinski definition) is 3. The summed E-state index contributed by atoms with van der Waals surface area (Å²) in [7, 11) is 0. The lowest BCUT2D eigenvalue weighted by Gasteiger charge is -2.06. The highest BCUT2D eigenvalue weighted by molar-refractivity contribution is 5.27. The van der Waals surface area contributed by atoms with E-state index in [-0.39, 0.29) is 5.75 Å². The van der Waals surface area contributed by atoms with Crippen molar-refractivity contribution in [3.8, 4) is 5.75 Å². The van der Waals surface area contributed by atoms with Crippen molar-refractivity contribution in [2.24, 2.45) is 0 Å². The molecule has 1 heterocycles. The Morgan fingerprint density at radius 3 is 2.61 bits per heavy atom. The predicted molar refractivity (Wildman–Crippen MR) is 62.2 cm³/mol. The molecule has 0 atom stereocenters. The number of nitrogens with zero attached hydrogens (tertiary/aromatic N) is 1. The fraction of sp³-hybridized carbons (Fsp3) is 0.250. The summed E-state index contributed by atoms with van der Waals surface area (Å²) in [5, 5.41) is 3.20. The van der Waals surface area contributed by atoms with E-state index < -0.39 is 6.61 Å². The van der Waals surface area contributed by atoms with Crippen LogP contribution < -0.4 is 10.1 Å². The van der Waals surface area contributed by atoms with Crippen molar-refractivity contribution < 1.29 is 13.5 Å². The number of H-pyrrole nitrogens is 1. The summed E-state index contributed by atoms with van der Waals surface area (Å²) in [6, 6.07) is 6.55. The third kappa shape index (κ3) is 3.81. The number of rotatable bonds is 6. The highest BCUT2D eigenvalue weighted by Crippen LogP contribution is 2.14. The van der Waals surface area contributed by atoms with Crippen molar-refractivity contribution in [3.63, 3.8) is 0 Å². The van der Waals surface area contributed by atoms with Gasteiger partial charge in [-0.15, -0.1) is 0 Å². The van der Waals surface area contributed by atoms with Crippen molar-refractivity contribution in [3.05, 3.63) is 48.0 Å². The number of aromatic amines is 1. The monoisotopic (exact) mass is 253 g/mol. The minimum atomic E-state index is -2.78. The molecule has 0 saturated heterocycles.